The van der Waals surface area contributed by atoms with Gasteiger partial charge in [0, 0.05) is 18.4 Å². The van der Waals surface area contributed by atoms with Crippen molar-refractivity contribution < 1.29 is 0 Å². The number of aliphatic imine (C=N–C) groups is 2. The molecule has 2 saturated carbocycles. The lowest BCUT2D eigenvalue weighted by Crippen LogP contribution is -2.33. The summed E-state index contributed by atoms with van der Waals surface area (Å²) in [6.07, 6.45) is 15.4. The fraction of sp³-hybridized carbons (Fsp3) is 0.895. The summed E-state index contributed by atoms with van der Waals surface area (Å²) in [5.74, 6) is 1.22. The normalized spacial score (nSPS) is 22.5. The Balaban J connectivity index is 2.14. The van der Waals surface area contributed by atoms with Crippen molar-refractivity contribution in [3.05, 3.63) is 0 Å². The molecular formula is C19H36N4. The van der Waals surface area contributed by atoms with E-state index in [0.29, 0.717) is 18.5 Å². The van der Waals surface area contributed by atoms with Gasteiger partial charge in [0.2, 0.25) is 0 Å². The van der Waals surface area contributed by atoms with Crippen molar-refractivity contribution in [3.8, 4) is 0 Å². The molecule has 132 valence electrons. The predicted octanol–water partition coefficient (Wildman–Crippen LogP) is 3.68. The number of hydrogen-bond acceptors (Lipinski definition) is 4. The van der Waals surface area contributed by atoms with Crippen LogP contribution in [0.2, 0.25) is 0 Å². The molecule has 4 nitrogen and oxygen atoms in total. The Morgan fingerprint density at radius 1 is 0.696 bits per heavy atom. The van der Waals surface area contributed by atoms with Crippen LogP contribution in [0.4, 0.5) is 0 Å². The van der Waals surface area contributed by atoms with Gasteiger partial charge >= 0.3 is 0 Å². The van der Waals surface area contributed by atoms with Crippen molar-refractivity contribution in [2.75, 3.05) is 19.8 Å². The zero-order valence-electron chi connectivity index (χ0n) is 14.8. The molecular weight excluding hydrogens is 284 g/mol. The molecule has 0 heterocycles. The maximum Gasteiger partial charge on any atom is 0.0863 e. The molecule has 2 aliphatic rings. The van der Waals surface area contributed by atoms with Gasteiger partial charge in [-0.05, 0) is 45.1 Å². The molecule has 0 spiro atoms. The molecule has 4 N–H and O–H groups in total. The van der Waals surface area contributed by atoms with Gasteiger partial charge in [-0.3, -0.25) is 9.98 Å². The SMILES string of the molecule is NCCCCN=C(/C(=N/CN)C1CCCCC1)C1CCCCC1. The first-order valence-electron chi connectivity index (χ1n) is 9.86. The number of nitrogens with two attached hydrogens (primary N) is 2. The van der Waals surface area contributed by atoms with Crippen LogP contribution in [0.5, 0.6) is 0 Å². The Labute approximate surface area is 142 Å². The molecule has 0 atom stereocenters. The minimum atomic E-state index is 0.403. The van der Waals surface area contributed by atoms with Crippen LogP contribution in [-0.2, 0) is 0 Å². The molecule has 0 saturated heterocycles. The Kier molecular flexibility index (Phi) is 8.83. The highest BCUT2D eigenvalue weighted by Gasteiger charge is 2.28. The largest absolute Gasteiger partial charge is 0.330 e. The van der Waals surface area contributed by atoms with Crippen molar-refractivity contribution in [1.82, 2.24) is 0 Å². The number of hydrogen-bond donors (Lipinski definition) is 2. The zero-order valence-corrected chi connectivity index (χ0v) is 14.8. The van der Waals surface area contributed by atoms with Gasteiger partial charge in [0.1, 0.15) is 0 Å². The van der Waals surface area contributed by atoms with E-state index >= 15 is 0 Å². The van der Waals surface area contributed by atoms with E-state index in [1.807, 2.05) is 0 Å². The second-order valence-corrected chi connectivity index (χ2v) is 7.16. The van der Waals surface area contributed by atoms with Crippen LogP contribution in [0, 0.1) is 11.8 Å². The molecule has 0 aromatic carbocycles. The number of nitrogens with zero attached hydrogens (tertiary/aromatic N) is 2. The van der Waals surface area contributed by atoms with Crippen LogP contribution in [0.1, 0.15) is 77.0 Å². The highest BCUT2D eigenvalue weighted by Crippen LogP contribution is 2.31. The molecule has 0 radical (unpaired) electrons. The lowest BCUT2D eigenvalue weighted by molar-refractivity contribution is 0.427. The van der Waals surface area contributed by atoms with E-state index in [9.17, 15) is 0 Å². The molecule has 0 amide bonds. The van der Waals surface area contributed by atoms with E-state index in [1.54, 1.807) is 0 Å². The molecule has 0 aliphatic heterocycles. The van der Waals surface area contributed by atoms with Gasteiger partial charge < -0.3 is 11.5 Å². The topological polar surface area (TPSA) is 76.8 Å². The molecule has 2 fully saturated rings. The lowest BCUT2D eigenvalue weighted by Gasteiger charge is -2.30. The molecule has 2 rings (SSSR count). The van der Waals surface area contributed by atoms with Gasteiger partial charge in [0.25, 0.3) is 0 Å². The van der Waals surface area contributed by atoms with Crippen molar-refractivity contribution in [3.63, 3.8) is 0 Å². The highest BCUT2D eigenvalue weighted by molar-refractivity contribution is 6.43. The Morgan fingerprint density at radius 2 is 1.22 bits per heavy atom. The average molecular weight is 321 g/mol. The number of unbranched alkanes of at least 4 members (excludes halogenated alkanes) is 1. The maximum absolute atomic E-state index is 5.82. The van der Waals surface area contributed by atoms with Crippen molar-refractivity contribution in [2.24, 2.45) is 33.3 Å². The van der Waals surface area contributed by atoms with Crippen molar-refractivity contribution >= 4 is 11.4 Å². The van der Waals surface area contributed by atoms with E-state index in [1.165, 1.54) is 75.6 Å². The van der Waals surface area contributed by atoms with Crippen LogP contribution in [-0.4, -0.2) is 31.2 Å². The lowest BCUT2D eigenvalue weighted by atomic mass is 9.77. The summed E-state index contributed by atoms with van der Waals surface area (Å²) in [4.78, 5) is 9.82. The van der Waals surface area contributed by atoms with E-state index in [2.05, 4.69) is 0 Å². The third kappa shape index (κ3) is 6.00. The van der Waals surface area contributed by atoms with E-state index in [0.717, 1.165) is 25.9 Å². The maximum atomic E-state index is 5.82. The first kappa shape index (κ1) is 18.6. The van der Waals surface area contributed by atoms with Gasteiger partial charge in [0.05, 0.1) is 18.1 Å². The first-order valence-corrected chi connectivity index (χ1v) is 9.86. The Hall–Kier alpha value is -0.740. The van der Waals surface area contributed by atoms with Crippen LogP contribution in [0.25, 0.3) is 0 Å². The first-order chi connectivity index (χ1) is 11.4. The Bertz CT molecular complexity index is 377. The van der Waals surface area contributed by atoms with Crippen LogP contribution in [0.3, 0.4) is 0 Å². The predicted molar refractivity (Wildman–Crippen MR) is 100 cm³/mol. The molecule has 0 aromatic rings. The summed E-state index contributed by atoms with van der Waals surface area (Å²) in [5, 5.41) is 0. The average Bonchev–Trinajstić information content (AvgIpc) is 2.62. The van der Waals surface area contributed by atoms with Gasteiger partial charge in [-0.25, -0.2) is 0 Å². The monoisotopic (exact) mass is 320 g/mol. The molecule has 0 aromatic heterocycles. The molecule has 0 unspecified atom stereocenters. The van der Waals surface area contributed by atoms with Crippen LogP contribution >= 0.6 is 0 Å². The summed E-state index contributed by atoms with van der Waals surface area (Å²) < 4.78 is 0. The quantitative estimate of drug-likeness (QED) is 0.528. The van der Waals surface area contributed by atoms with Crippen molar-refractivity contribution in [1.29, 1.82) is 0 Å². The molecule has 4 heteroatoms. The highest BCUT2D eigenvalue weighted by atomic mass is 14.9. The van der Waals surface area contributed by atoms with Gasteiger partial charge in [-0.1, -0.05) is 38.5 Å². The zero-order chi connectivity index (χ0) is 16.3. The summed E-state index contributed by atoms with van der Waals surface area (Å²) in [7, 11) is 0. The second kappa shape index (κ2) is 10.9. The fourth-order valence-corrected chi connectivity index (χ4v) is 4.14. The van der Waals surface area contributed by atoms with Crippen LogP contribution < -0.4 is 11.5 Å². The molecule has 0 bridgehead atoms. The standard InChI is InChI=1S/C19H36N4/c20-13-7-8-14-22-18(16-9-3-1-4-10-16)19(23-15-21)17-11-5-2-6-12-17/h16-17H,1-15,20-21H2/b22-18?,23-19+. The summed E-state index contributed by atoms with van der Waals surface area (Å²) in [6, 6.07) is 0. The second-order valence-electron chi connectivity index (χ2n) is 7.16. The minimum Gasteiger partial charge on any atom is -0.330 e. The van der Waals surface area contributed by atoms with E-state index in [-0.39, 0.29) is 0 Å². The van der Waals surface area contributed by atoms with Gasteiger partial charge in [-0.2, -0.15) is 0 Å². The minimum absolute atomic E-state index is 0.403. The van der Waals surface area contributed by atoms with E-state index < -0.39 is 0 Å². The number of rotatable bonds is 8. The third-order valence-corrected chi connectivity index (χ3v) is 5.40. The van der Waals surface area contributed by atoms with Gasteiger partial charge in [0.15, 0.2) is 0 Å². The molecule has 23 heavy (non-hydrogen) atoms. The van der Waals surface area contributed by atoms with Crippen LogP contribution in [0.15, 0.2) is 9.98 Å². The van der Waals surface area contributed by atoms with E-state index in [4.69, 9.17) is 21.5 Å². The summed E-state index contributed by atoms with van der Waals surface area (Å²) in [6.45, 7) is 2.07. The summed E-state index contributed by atoms with van der Waals surface area (Å²) in [5.41, 5.74) is 14.0. The smallest absolute Gasteiger partial charge is 0.0863 e. The van der Waals surface area contributed by atoms with Gasteiger partial charge in [-0.15, -0.1) is 0 Å². The van der Waals surface area contributed by atoms with Crippen molar-refractivity contribution in [2.45, 2.75) is 77.0 Å². The summed E-state index contributed by atoms with van der Waals surface area (Å²) >= 11 is 0. The Morgan fingerprint density at radius 3 is 1.70 bits per heavy atom. The molecule has 2 aliphatic carbocycles. The fourth-order valence-electron chi connectivity index (χ4n) is 4.14. The third-order valence-electron chi connectivity index (χ3n) is 5.40.